The van der Waals surface area contributed by atoms with E-state index in [9.17, 15) is 8.42 Å². The largest absolute Gasteiger partial charge is 0.377 e. The van der Waals surface area contributed by atoms with Crippen LogP contribution in [0.2, 0.25) is 0 Å². The Morgan fingerprint density at radius 1 is 1.31 bits per heavy atom. The highest BCUT2D eigenvalue weighted by Crippen LogP contribution is 2.22. The van der Waals surface area contributed by atoms with Gasteiger partial charge < -0.3 is 4.74 Å². The van der Waals surface area contributed by atoms with Gasteiger partial charge in [-0.3, -0.25) is 0 Å². The Labute approximate surface area is 96.4 Å². The van der Waals surface area contributed by atoms with Crippen LogP contribution in [0.5, 0.6) is 0 Å². The average Bonchev–Trinajstić information content (AvgIpc) is 2.64. The van der Waals surface area contributed by atoms with Crippen molar-refractivity contribution in [1.82, 2.24) is 0 Å². The van der Waals surface area contributed by atoms with E-state index in [1.165, 1.54) is 0 Å². The summed E-state index contributed by atoms with van der Waals surface area (Å²) in [7, 11) is -3.19. The normalized spacial score (nSPS) is 25.8. The number of rotatable bonds is 3. The zero-order valence-corrected chi connectivity index (χ0v) is 10.1. The highest BCUT2D eigenvalue weighted by Gasteiger charge is 2.27. The van der Waals surface area contributed by atoms with Crippen LogP contribution in [0.25, 0.3) is 0 Å². The molecule has 0 radical (unpaired) electrons. The maximum atomic E-state index is 12.0. The van der Waals surface area contributed by atoms with Gasteiger partial charge in [-0.25, -0.2) is 8.42 Å². The fraction of sp³-hybridized carbons (Fsp3) is 0.500. The van der Waals surface area contributed by atoms with Crippen LogP contribution < -0.4 is 0 Å². The van der Waals surface area contributed by atoms with Gasteiger partial charge in [0.25, 0.3) is 0 Å². The van der Waals surface area contributed by atoms with Crippen LogP contribution in [0.4, 0.5) is 0 Å². The number of sulfone groups is 1. The van der Waals surface area contributed by atoms with Crippen molar-refractivity contribution >= 4 is 9.84 Å². The smallest absolute Gasteiger partial charge is 0.180 e. The molecule has 16 heavy (non-hydrogen) atoms. The zero-order chi connectivity index (χ0) is 11.6. The van der Waals surface area contributed by atoms with Crippen LogP contribution in [-0.2, 0) is 14.6 Å². The highest BCUT2D eigenvalue weighted by atomic mass is 32.2. The molecule has 1 aliphatic rings. The lowest BCUT2D eigenvalue weighted by atomic mass is 10.1. The fourth-order valence-electron chi connectivity index (χ4n) is 1.97. The molecule has 2 atom stereocenters. The van der Waals surface area contributed by atoms with Crippen molar-refractivity contribution in [3.8, 4) is 0 Å². The van der Waals surface area contributed by atoms with Gasteiger partial charge >= 0.3 is 0 Å². The minimum atomic E-state index is -3.19. The van der Waals surface area contributed by atoms with Gasteiger partial charge in [0.2, 0.25) is 0 Å². The van der Waals surface area contributed by atoms with Crippen molar-refractivity contribution in [3.05, 3.63) is 30.3 Å². The quantitative estimate of drug-likeness (QED) is 0.810. The lowest BCUT2D eigenvalue weighted by Gasteiger charge is -2.09. The molecule has 88 valence electrons. The molecule has 1 aromatic carbocycles. The lowest BCUT2D eigenvalue weighted by Crippen LogP contribution is -2.20. The number of hydrogen-bond donors (Lipinski definition) is 0. The second kappa shape index (κ2) is 4.55. The summed E-state index contributed by atoms with van der Waals surface area (Å²) < 4.78 is 29.5. The van der Waals surface area contributed by atoms with E-state index in [1.807, 2.05) is 6.07 Å². The molecule has 1 fully saturated rings. The van der Waals surface area contributed by atoms with Crippen molar-refractivity contribution in [1.29, 1.82) is 0 Å². The van der Waals surface area contributed by atoms with Gasteiger partial charge in [0.05, 0.1) is 16.8 Å². The zero-order valence-electron chi connectivity index (χ0n) is 9.30. The van der Waals surface area contributed by atoms with Crippen LogP contribution in [0.1, 0.15) is 13.3 Å². The summed E-state index contributed by atoms with van der Waals surface area (Å²) >= 11 is 0. The lowest BCUT2D eigenvalue weighted by molar-refractivity contribution is 0.123. The second-order valence-electron chi connectivity index (χ2n) is 4.39. The Morgan fingerprint density at radius 2 is 2.00 bits per heavy atom. The van der Waals surface area contributed by atoms with Gasteiger partial charge in [0, 0.05) is 6.61 Å². The summed E-state index contributed by atoms with van der Waals surface area (Å²) in [6, 6.07) is 8.56. The first-order valence-electron chi connectivity index (χ1n) is 5.47. The Kier molecular flexibility index (Phi) is 3.30. The molecule has 0 aliphatic carbocycles. The Hall–Kier alpha value is -0.870. The third-order valence-electron chi connectivity index (χ3n) is 2.79. The first kappa shape index (κ1) is 11.6. The van der Waals surface area contributed by atoms with Crippen molar-refractivity contribution in [2.45, 2.75) is 24.3 Å². The van der Waals surface area contributed by atoms with Crippen molar-refractivity contribution in [2.24, 2.45) is 5.92 Å². The maximum absolute atomic E-state index is 12.0. The predicted molar refractivity (Wildman–Crippen MR) is 62.0 cm³/mol. The van der Waals surface area contributed by atoms with Crippen LogP contribution in [0, 0.1) is 5.92 Å². The summed E-state index contributed by atoms with van der Waals surface area (Å²) in [4.78, 5) is 0.387. The molecule has 0 aromatic heterocycles. The first-order valence-corrected chi connectivity index (χ1v) is 7.12. The van der Waals surface area contributed by atoms with E-state index in [1.54, 1.807) is 24.3 Å². The van der Waals surface area contributed by atoms with Crippen molar-refractivity contribution in [3.63, 3.8) is 0 Å². The standard InChI is InChI=1S/C12H16O3S/c1-10-7-11(15-8-10)9-16(13,14)12-5-3-2-4-6-12/h2-6,10-11H,7-9H2,1H3/t10-,11+/m0/s1. The maximum Gasteiger partial charge on any atom is 0.180 e. The fourth-order valence-corrected chi connectivity index (χ4v) is 3.46. The van der Waals surface area contributed by atoms with Gasteiger partial charge in [-0.1, -0.05) is 25.1 Å². The van der Waals surface area contributed by atoms with E-state index < -0.39 is 9.84 Å². The average molecular weight is 240 g/mol. The Balaban J connectivity index is 2.09. The van der Waals surface area contributed by atoms with E-state index in [4.69, 9.17) is 4.74 Å². The number of benzene rings is 1. The molecule has 0 spiro atoms. The molecule has 0 bridgehead atoms. The van der Waals surface area contributed by atoms with Gasteiger partial charge in [0.15, 0.2) is 9.84 Å². The Bertz CT molecular complexity index is 439. The predicted octanol–water partition coefficient (Wildman–Crippen LogP) is 1.89. The third-order valence-corrected chi connectivity index (χ3v) is 4.59. The van der Waals surface area contributed by atoms with Gasteiger partial charge in [-0.15, -0.1) is 0 Å². The molecule has 0 N–H and O–H groups in total. The minimum absolute atomic E-state index is 0.0986. The van der Waals surface area contributed by atoms with Gasteiger partial charge in [-0.2, -0.15) is 0 Å². The minimum Gasteiger partial charge on any atom is -0.377 e. The van der Waals surface area contributed by atoms with Crippen LogP contribution in [-0.4, -0.2) is 26.9 Å². The molecule has 3 nitrogen and oxygen atoms in total. The molecular formula is C12H16O3S. The highest BCUT2D eigenvalue weighted by molar-refractivity contribution is 7.91. The monoisotopic (exact) mass is 240 g/mol. The van der Waals surface area contributed by atoms with Gasteiger partial charge in [0.1, 0.15) is 0 Å². The summed E-state index contributed by atoms with van der Waals surface area (Å²) in [5.41, 5.74) is 0. The molecule has 1 aliphatic heterocycles. The van der Waals surface area contributed by atoms with Crippen molar-refractivity contribution < 1.29 is 13.2 Å². The van der Waals surface area contributed by atoms with E-state index in [0.717, 1.165) is 6.42 Å². The van der Waals surface area contributed by atoms with Crippen LogP contribution >= 0.6 is 0 Å². The van der Waals surface area contributed by atoms with E-state index in [2.05, 4.69) is 6.92 Å². The third kappa shape index (κ3) is 2.62. The molecule has 0 unspecified atom stereocenters. The summed E-state index contributed by atoms with van der Waals surface area (Å²) in [5, 5.41) is 0. The molecule has 4 heteroatoms. The van der Waals surface area contributed by atoms with E-state index in [0.29, 0.717) is 17.4 Å². The van der Waals surface area contributed by atoms with Crippen molar-refractivity contribution in [2.75, 3.05) is 12.4 Å². The molecule has 0 amide bonds. The SMILES string of the molecule is C[C@@H]1CO[C@@H](CS(=O)(=O)c2ccccc2)C1. The topological polar surface area (TPSA) is 43.4 Å². The van der Waals surface area contributed by atoms with Crippen LogP contribution in [0.15, 0.2) is 35.2 Å². The second-order valence-corrected chi connectivity index (χ2v) is 6.42. The molecule has 0 saturated carbocycles. The van der Waals surface area contributed by atoms with Crippen LogP contribution in [0.3, 0.4) is 0 Å². The molecule has 2 rings (SSSR count). The number of hydrogen-bond acceptors (Lipinski definition) is 3. The molecule has 1 saturated heterocycles. The van der Waals surface area contributed by atoms with E-state index in [-0.39, 0.29) is 11.9 Å². The number of ether oxygens (including phenoxy) is 1. The first-order chi connectivity index (χ1) is 7.58. The summed E-state index contributed by atoms with van der Waals surface area (Å²) in [6.45, 7) is 2.75. The van der Waals surface area contributed by atoms with Gasteiger partial charge in [-0.05, 0) is 24.5 Å². The van der Waals surface area contributed by atoms with E-state index >= 15 is 0 Å². The Morgan fingerprint density at radius 3 is 2.56 bits per heavy atom. The molecular weight excluding hydrogens is 224 g/mol. The molecule has 1 heterocycles. The summed E-state index contributed by atoms with van der Waals surface area (Å²) in [6.07, 6.45) is 0.701. The molecule has 1 aromatic rings. The summed E-state index contributed by atoms with van der Waals surface area (Å²) in [5.74, 6) is 0.567.